The summed E-state index contributed by atoms with van der Waals surface area (Å²) in [4.78, 5) is 15.1. The number of nitrogens with zero attached hydrogens (tertiary/aromatic N) is 1. The van der Waals surface area contributed by atoms with E-state index in [2.05, 4.69) is 15.5 Å². The Morgan fingerprint density at radius 2 is 1.76 bits per heavy atom. The molecule has 2 heterocycles. The Labute approximate surface area is 206 Å². The summed E-state index contributed by atoms with van der Waals surface area (Å²) in [5.41, 5.74) is 1.49. The van der Waals surface area contributed by atoms with Crippen LogP contribution in [0.1, 0.15) is 49.4 Å². The van der Waals surface area contributed by atoms with Crippen molar-refractivity contribution in [3.8, 4) is 0 Å². The Morgan fingerprint density at radius 3 is 2.52 bits per heavy atom. The number of halogens is 2. The van der Waals surface area contributed by atoms with Gasteiger partial charge in [-0.1, -0.05) is 29.3 Å². The van der Waals surface area contributed by atoms with Gasteiger partial charge in [0.1, 0.15) is 0 Å². The Hall–Kier alpha value is -1.79. The van der Waals surface area contributed by atoms with Gasteiger partial charge in [0.25, 0.3) is 5.91 Å². The molecule has 0 aromatic heterocycles. The molecule has 2 atom stereocenters. The predicted molar refractivity (Wildman–Crippen MR) is 137 cm³/mol. The molecule has 33 heavy (non-hydrogen) atoms. The molecular formula is C26H33Cl2N3O2. The van der Waals surface area contributed by atoms with E-state index in [1.54, 1.807) is 30.3 Å². The molecule has 0 saturated carbocycles. The fourth-order valence-corrected chi connectivity index (χ4v) is 5.71. The molecule has 2 aliphatic heterocycles. The Balaban J connectivity index is 1.45. The first-order valence-corrected chi connectivity index (χ1v) is 12.6. The molecule has 1 amide bonds. The van der Waals surface area contributed by atoms with E-state index in [0.717, 1.165) is 64.0 Å². The molecule has 0 spiro atoms. The standard InChI is InChI=1S/C26H33Cl2N3O2/c1-26(33,19-5-3-12-29-13-9-19)20-10-14-31(15-11-20)24-8-7-22(28)17-23(24)30-25(32)18-4-2-6-21(27)16-18/h2,4,6-8,16-17,19-20,29,33H,3,5,9-15H2,1H3,(H,30,32). The predicted octanol–water partition coefficient (Wildman–Crippen LogP) is 5.60. The average molecular weight is 490 g/mol. The van der Waals surface area contributed by atoms with Crippen molar-refractivity contribution in [1.82, 2.24) is 5.32 Å². The molecule has 178 valence electrons. The lowest BCUT2D eigenvalue weighted by atomic mass is 9.71. The van der Waals surface area contributed by atoms with Crippen molar-refractivity contribution in [2.24, 2.45) is 11.8 Å². The summed E-state index contributed by atoms with van der Waals surface area (Å²) in [7, 11) is 0. The number of hydrogen-bond acceptors (Lipinski definition) is 4. The molecule has 2 aromatic carbocycles. The van der Waals surface area contributed by atoms with Gasteiger partial charge in [-0.2, -0.15) is 0 Å². The minimum Gasteiger partial charge on any atom is -0.390 e. The maximum atomic E-state index is 12.8. The van der Waals surface area contributed by atoms with E-state index in [4.69, 9.17) is 23.2 Å². The van der Waals surface area contributed by atoms with Crippen LogP contribution in [-0.4, -0.2) is 42.8 Å². The highest BCUT2D eigenvalue weighted by Crippen LogP contribution is 2.40. The Bertz CT molecular complexity index is 966. The number of rotatable bonds is 5. The second kappa shape index (κ2) is 10.6. The van der Waals surface area contributed by atoms with Gasteiger partial charge in [-0.15, -0.1) is 0 Å². The molecule has 5 nitrogen and oxygen atoms in total. The molecule has 0 radical (unpaired) electrons. The van der Waals surface area contributed by atoms with Gasteiger partial charge >= 0.3 is 0 Å². The number of hydrogen-bond donors (Lipinski definition) is 3. The van der Waals surface area contributed by atoms with Crippen LogP contribution >= 0.6 is 23.2 Å². The molecule has 3 N–H and O–H groups in total. The zero-order valence-electron chi connectivity index (χ0n) is 19.1. The van der Waals surface area contributed by atoms with Crippen LogP contribution in [0.3, 0.4) is 0 Å². The van der Waals surface area contributed by atoms with Crippen LogP contribution in [0.2, 0.25) is 10.0 Å². The normalized spacial score (nSPS) is 21.8. The highest BCUT2D eigenvalue weighted by molar-refractivity contribution is 6.31. The molecule has 2 aromatic rings. The highest BCUT2D eigenvalue weighted by atomic mass is 35.5. The summed E-state index contributed by atoms with van der Waals surface area (Å²) < 4.78 is 0. The zero-order chi connectivity index (χ0) is 23.4. The number of anilines is 2. The molecule has 2 aliphatic rings. The van der Waals surface area contributed by atoms with Gasteiger partial charge in [0, 0.05) is 28.7 Å². The largest absolute Gasteiger partial charge is 0.390 e. The number of benzene rings is 2. The quantitative estimate of drug-likeness (QED) is 0.511. The summed E-state index contributed by atoms with van der Waals surface area (Å²) in [6.45, 7) is 5.73. The number of nitrogens with one attached hydrogen (secondary N) is 2. The van der Waals surface area contributed by atoms with Gasteiger partial charge < -0.3 is 20.6 Å². The van der Waals surface area contributed by atoms with Crippen LogP contribution in [0.4, 0.5) is 11.4 Å². The smallest absolute Gasteiger partial charge is 0.255 e. The van der Waals surface area contributed by atoms with Crippen molar-refractivity contribution in [3.05, 3.63) is 58.1 Å². The van der Waals surface area contributed by atoms with Crippen LogP contribution in [0, 0.1) is 11.8 Å². The van der Waals surface area contributed by atoms with Crippen molar-refractivity contribution in [1.29, 1.82) is 0 Å². The molecule has 2 unspecified atom stereocenters. The van der Waals surface area contributed by atoms with Crippen molar-refractivity contribution in [2.75, 3.05) is 36.4 Å². The van der Waals surface area contributed by atoms with Crippen LogP contribution in [0.5, 0.6) is 0 Å². The Morgan fingerprint density at radius 1 is 1.03 bits per heavy atom. The fraction of sp³-hybridized carbons (Fsp3) is 0.500. The summed E-state index contributed by atoms with van der Waals surface area (Å²) in [5, 5.41) is 19.0. The molecule has 0 aliphatic carbocycles. The van der Waals surface area contributed by atoms with Gasteiger partial charge in [0.05, 0.1) is 17.0 Å². The molecule has 0 bridgehead atoms. The number of piperidine rings is 1. The maximum absolute atomic E-state index is 12.8. The fourth-order valence-electron chi connectivity index (χ4n) is 5.35. The number of carbonyl (C=O) groups is 1. The van der Waals surface area contributed by atoms with E-state index in [1.165, 1.54) is 0 Å². The second-order valence-corrected chi connectivity index (χ2v) is 10.4. The number of aliphatic hydroxyl groups is 1. The lowest BCUT2D eigenvalue weighted by molar-refractivity contribution is -0.0655. The third-order valence-electron chi connectivity index (χ3n) is 7.36. The second-order valence-electron chi connectivity index (χ2n) is 9.49. The van der Waals surface area contributed by atoms with Crippen molar-refractivity contribution < 1.29 is 9.90 Å². The van der Waals surface area contributed by atoms with Gasteiger partial charge in [-0.05, 0) is 100 Å². The summed E-state index contributed by atoms with van der Waals surface area (Å²) in [5.74, 6) is 0.390. The van der Waals surface area contributed by atoms with E-state index in [1.807, 2.05) is 19.1 Å². The maximum Gasteiger partial charge on any atom is 0.255 e. The first-order valence-electron chi connectivity index (χ1n) is 11.9. The lowest BCUT2D eigenvalue weighted by Gasteiger charge is -2.44. The van der Waals surface area contributed by atoms with Crippen molar-refractivity contribution >= 4 is 40.5 Å². The SMILES string of the molecule is CC(O)(C1CCCNCC1)C1CCN(c2ccc(Cl)cc2NC(=O)c2cccc(Cl)c2)CC1. The van der Waals surface area contributed by atoms with Crippen LogP contribution in [0.15, 0.2) is 42.5 Å². The van der Waals surface area contributed by atoms with Gasteiger partial charge in [-0.3, -0.25) is 4.79 Å². The van der Waals surface area contributed by atoms with E-state index >= 15 is 0 Å². The van der Waals surface area contributed by atoms with E-state index in [9.17, 15) is 9.90 Å². The van der Waals surface area contributed by atoms with E-state index < -0.39 is 5.60 Å². The summed E-state index contributed by atoms with van der Waals surface area (Å²) in [6, 6.07) is 12.5. The number of carbonyl (C=O) groups excluding carboxylic acids is 1. The topological polar surface area (TPSA) is 64.6 Å². The first-order chi connectivity index (χ1) is 15.8. The molecule has 7 heteroatoms. The lowest BCUT2D eigenvalue weighted by Crippen LogP contribution is -2.48. The monoisotopic (exact) mass is 489 g/mol. The minimum absolute atomic E-state index is 0.221. The molecule has 4 rings (SSSR count). The van der Waals surface area contributed by atoms with Crippen molar-refractivity contribution in [3.63, 3.8) is 0 Å². The third kappa shape index (κ3) is 5.83. The van der Waals surface area contributed by atoms with Crippen LogP contribution < -0.4 is 15.5 Å². The minimum atomic E-state index is -0.651. The highest BCUT2D eigenvalue weighted by Gasteiger charge is 2.41. The molecule has 2 fully saturated rings. The Kier molecular flexibility index (Phi) is 7.85. The third-order valence-corrected chi connectivity index (χ3v) is 7.83. The van der Waals surface area contributed by atoms with Crippen molar-refractivity contribution in [2.45, 2.75) is 44.6 Å². The first kappa shape index (κ1) is 24.3. The number of amides is 1. The van der Waals surface area contributed by atoms with E-state index in [-0.39, 0.29) is 11.8 Å². The van der Waals surface area contributed by atoms with Crippen LogP contribution in [0.25, 0.3) is 0 Å². The van der Waals surface area contributed by atoms with Crippen LogP contribution in [-0.2, 0) is 0 Å². The zero-order valence-corrected chi connectivity index (χ0v) is 20.6. The molecular weight excluding hydrogens is 457 g/mol. The summed E-state index contributed by atoms with van der Waals surface area (Å²) in [6.07, 6.45) is 5.07. The van der Waals surface area contributed by atoms with Gasteiger partial charge in [0.2, 0.25) is 0 Å². The average Bonchev–Trinajstić information content (AvgIpc) is 3.10. The van der Waals surface area contributed by atoms with E-state index in [0.29, 0.717) is 27.2 Å². The summed E-state index contributed by atoms with van der Waals surface area (Å²) >= 11 is 12.3. The van der Waals surface area contributed by atoms with Gasteiger partial charge in [-0.25, -0.2) is 0 Å². The van der Waals surface area contributed by atoms with Gasteiger partial charge in [0.15, 0.2) is 0 Å². The molecule has 2 saturated heterocycles.